The highest BCUT2D eigenvalue weighted by atomic mass is 16.5. The standard InChI is InChI=1S/C18H20O2/c1-14(2)11-12-20-17-9-7-15(8-10-17)18-6-4-3-5-16(18)13-19/h3-10,13-14H,11-12H2,1-2H3. The van der Waals surface area contributed by atoms with Crippen LogP contribution in [-0.2, 0) is 0 Å². The van der Waals surface area contributed by atoms with Gasteiger partial charge in [0.15, 0.2) is 6.29 Å². The Morgan fingerprint density at radius 1 is 1.05 bits per heavy atom. The van der Waals surface area contributed by atoms with Crippen molar-refractivity contribution < 1.29 is 9.53 Å². The fraction of sp³-hybridized carbons (Fsp3) is 0.278. The average molecular weight is 268 g/mol. The van der Waals surface area contributed by atoms with Gasteiger partial charge in [-0.3, -0.25) is 4.79 Å². The van der Waals surface area contributed by atoms with Crippen molar-refractivity contribution in [2.24, 2.45) is 5.92 Å². The van der Waals surface area contributed by atoms with E-state index in [1.807, 2.05) is 48.5 Å². The summed E-state index contributed by atoms with van der Waals surface area (Å²) in [5, 5.41) is 0. The van der Waals surface area contributed by atoms with Crippen LogP contribution in [0, 0.1) is 5.92 Å². The Morgan fingerprint density at radius 3 is 2.40 bits per heavy atom. The molecule has 0 aromatic heterocycles. The highest BCUT2D eigenvalue weighted by Crippen LogP contribution is 2.25. The van der Waals surface area contributed by atoms with E-state index in [9.17, 15) is 4.79 Å². The summed E-state index contributed by atoms with van der Waals surface area (Å²) in [5.41, 5.74) is 2.70. The van der Waals surface area contributed by atoms with Gasteiger partial charge in [-0.15, -0.1) is 0 Å². The maximum Gasteiger partial charge on any atom is 0.150 e. The fourth-order valence-corrected chi connectivity index (χ4v) is 2.01. The number of carbonyl (C=O) groups excluding carboxylic acids is 1. The molecule has 0 saturated heterocycles. The molecule has 0 aliphatic rings. The van der Waals surface area contributed by atoms with Gasteiger partial charge in [0, 0.05) is 5.56 Å². The second-order valence-corrected chi connectivity index (χ2v) is 5.26. The van der Waals surface area contributed by atoms with Crippen LogP contribution in [0.25, 0.3) is 11.1 Å². The zero-order valence-electron chi connectivity index (χ0n) is 12.0. The molecule has 0 aliphatic heterocycles. The van der Waals surface area contributed by atoms with E-state index in [1.165, 1.54) is 0 Å². The molecule has 0 N–H and O–H groups in total. The number of aldehydes is 1. The zero-order valence-corrected chi connectivity index (χ0v) is 12.0. The van der Waals surface area contributed by atoms with E-state index in [0.29, 0.717) is 11.5 Å². The van der Waals surface area contributed by atoms with Crippen molar-refractivity contribution in [2.75, 3.05) is 6.61 Å². The van der Waals surface area contributed by atoms with Gasteiger partial charge in [-0.25, -0.2) is 0 Å². The molecule has 0 saturated carbocycles. The molecule has 2 nitrogen and oxygen atoms in total. The monoisotopic (exact) mass is 268 g/mol. The summed E-state index contributed by atoms with van der Waals surface area (Å²) in [6, 6.07) is 15.5. The molecule has 0 atom stereocenters. The smallest absolute Gasteiger partial charge is 0.150 e. The third-order valence-electron chi connectivity index (χ3n) is 3.22. The molecular formula is C18H20O2. The normalized spacial score (nSPS) is 10.6. The van der Waals surface area contributed by atoms with Crippen molar-refractivity contribution in [3.8, 4) is 16.9 Å². The third-order valence-corrected chi connectivity index (χ3v) is 3.22. The lowest BCUT2D eigenvalue weighted by atomic mass is 10.0. The quantitative estimate of drug-likeness (QED) is 0.716. The molecule has 20 heavy (non-hydrogen) atoms. The van der Waals surface area contributed by atoms with Crippen molar-refractivity contribution in [3.05, 3.63) is 54.1 Å². The van der Waals surface area contributed by atoms with Crippen LogP contribution in [0.2, 0.25) is 0 Å². The van der Waals surface area contributed by atoms with Crippen molar-refractivity contribution in [3.63, 3.8) is 0 Å². The molecule has 0 bridgehead atoms. The number of benzene rings is 2. The molecule has 0 fully saturated rings. The number of rotatable bonds is 6. The molecule has 0 heterocycles. The second-order valence-electron chi connectivity index (χ2n) is 5.26. The number of ether oxygens (including phenoxy) is 1. The van der Waals surface area contributed by atoms with E-state index in [0.717, 1.165) is 36.2 Å². The zero-order chi connectivity index (χ0) is 14.4. The lowest BCUT2D eigenvalue weighted by Gasteiger charge is -2.09. The lowest BCUT2D eigenvalue weighted by molar-refractivity contribution is 0.112. The molecule has 0 amide bonds. The number of carbonyl (C=O) groups is 1. The van der Waals surface area contributed by atoms with Gasteiger partial charge >= 0.3 is 0 Å². The van der Waals surface area contributed by atoms with Crippen LogP contribution in [-0.4, -0.2) is 12.9 Å². The predicted molar refractivity (Wildman–Crippen MR) is 82.2 cm³/mol. The predicted octanol–water partition coefficient (Wildman–Crippen LogP) is 4.59. The van der Waals surface area contributed by atoms with Crippen molar-refractivity contribution in [2.45, 2.75) is 20.3 Å². The molecule has 2 heteroatoms. The van der Waals surface area contributed by atoms with Crippen LogP contribution >= 0.6 is 0 Å². The second kappa shape index (κ2) is 6.90. The minimum Gasteiger partial charge on any atom is -0.494 e. The fourth-order valence-electron chi connectivity index (χ4n) is 2.01. The number of hydrogen-bond donors (Lipinski definition) is 0. The van der Waals surface area contributed by atoms with Gasteiger partial charge in [0.1, 0.15) is 5.75 Å². The van der Waals surface area contributed by atoms with Crippen molar-refractivity contribution in [1.29, 1.82) is 0 Å². The first kappa shape index (κ1) is 14.3. The van der Waals surface area contributed by atoms with Gasteiger partial charge in [-0.05, 0) is 35.6 Å². The van der Waals surface area contributed by atoms with E-state index in [1.54, 1.807) is 0 Å². The van der Waals surface area contributed by atoms with Gasteiger partial charge in [0.25, 0.3) is 0 Å². The van der Waals surface area contributed by atoms with Gasteiger partial charge in [-0.2, -0.15) is 0 Å². The molecule has 0 unspecified atom stereocenters. The van der Waals surface area contributed by atoms with Crippen LogP contribution in [0.4, 0.5) is 0 Å². The summed E-state index contributed by atoms with van der Waals surface area (Å²) in [7, 11) is 0. The summed E-state index contributed by atoms with van der Waals surface area (Å²) >= 11 is 0. The molecule has 104 valence electrons. The Labute approximate surface area is 120 Å². The Kier molecular flexibility index (Phi) is 4.94. The maximum atomic E-state index is 11.0. The van der Waals surface area contributed by atoms with E-state index in [-0.39, 0.29) is 0 Å². The minimum atomic E-state index is 0.647. The maximum absolute atomic E-state index is 11.0. The highest BCUT2D eigenvalue weighted by Gasteiger charge is 2.04. The first-order chi connectivity index (χ1) is 9.70. The Morgan fingerprint density at radius 2 is 1.75 bits per heavy atom. The van der Waals surface area contributed by atoms with Crippen molar-refractivity contribution in [1.82, 2.24) is 0 Å². The molecular weight excluding hydrogens is 248 g/mol. The molecule has 2 aromatic carbocycles. The van der Waals surface area contributed by atoms with Crippen LogP contribution in [0.15, 0.2) is 48.5 Å². The average Bonchev–Trinajstić information content (AvgIpc) is 2.47. The molecule has 2 aromatic rings. The van der Waals surface area contributed by atoms with E-state index < -0.39 is 0 Å². The van der Waals surface area contributed by atoms with E-state index >= 15 is 0 Å². The van der Waals surface area contributed by atoms with E-state index in [4.69, 9.17) is 4.74 Å². The summed E-state index contributed by atoms with van der Waals surface area (Å²) in [6.45, 7) is 5.10. The highest BCUT2D eigenvalue weighted by molar-refractivity contribution is 5.87. The van der Waals surface area contributed by atoms with Crippen LogP contribution in [0.5, 0.6) is 5.75 Å². The van der Waals surface area contributed by atoms with E-state index in [2.05, 4.69) is 13.8 Å². The van der Waals surface area contributed by atoms with Gasteiger partial charge < -0.3 is 4.74 Å². The Balaban J connectivity index is 2.10. The van der Waals surface area contributed by atoms with Gasteiger partial charge in [0.2, 0.25) is 0 Å². The summed E-state index contributed by atoms with van der Waals surface area (Å²) in [5.74, 6) is 1.52. The molecule has 2 rings (SSSR count). The van der Waals surface area contributed by atoms with Crippen molar-refractivity contribution >= 4 is 6.29 Å². The first-order valence-electron chi connectivity index (χ1n) is 6.98. The van der Waals surface area contributed by atoms with Gasteiger partial charge in [-0.1, -0.05) is 50.2 Å². The van der Waals surface area contributed by atoms with Crippen LogP contribution in [0.3, 0.4) is 0 Å². The third kappa shape index (κ3) is 3.70. The van der Waals surface area contributed by atoms with Gasteiger partial charge in [0.05, 0.1) is 6.61 Å². The Bertz CT molecular complexity index is 556. The Hall–Kier alpha value is -2.09. The van der Waals surface area contributed by atoms with Crippen LogP contribution in [0.1, 0.15) is 30.6 Å². The SMILES string of the molecule is CC(C)CCOc1ccc(-c2ccccc2C=O)cc1. The summed E-state index contributed by atoms with van der Waals surface area (Å²) in [4.78, 5) is 11.0. The number of hydrogen-bond acceptors (Lipinski definition) is 2. The minimum absolute atomic E-state index is 0.647. The molecule has 0 aliphatic carbocycles. The van der Waals surface area contributed by atoms with Crippen LogP contribution < -0.4 is 4.74 Å². The lowest BCUT2D eigenvalue weighted by Crippen LogP contribution is -2.01. The largest absolute Gasteiger partial charge is 0.494 e. The summed E-state index contributed by atoms with van der Waals surface area (Å²) in [6.07, 6.45) is 1.94. The molecule has 0 spiro atoms. The molecule has 0 radical (unpaired) electrons. The topological polar surface area (TPSA) is 26.3 Å². The first-order valence-corrected chi connectivity index (χ1v) is 6.98. The summed E-state index contributed by atoms with van der Waals surface area (Å²) < 4.78 is 5.69.